The molecule has 1 aliphatic heterocycles. The Balaban J connectivity index is 2.28. The van der Waals surface area contributed by atoms with Gasteiger partial charge in [-0.2, -0.15) is 5.10 Å². The second kappa shape index (κ2) is 4.89. The molecule has 2 N–H and O–H groups in total. The van der Waals surface area contributed by atoms with Gasteiger partial charge in [0.1, 0.15) is 11.4 Å². The van der Waals surface area contributed by atoms with E-state index in [-0.39, 0.29) is 23.2 Å². The van der Waals surface area contributed by atoms with Crippen molar-refractivity contribution >= 4 is 11.9 Å². The van der Waals surface area contributed by atoms with Crippen LogP contribution >= 0.6 is 0 Å². The predicted molar refractivity (Wildman–Crippen MR) is 70.9 cm³/mol. The third kappa shape index (κ3) is 2.00. The summed E-state index contributed by atoms with van der Waals surface area (Å²) < 4.78 is 6.42. The summed E-state index contributed by atoms with van der Waals surface area (Å²) in [7, 11) is 1.44. The molecule has 3 heterocycles. The molecule has 1 amide bonds. The summed E-state index contributed by atoms with van der Waals surface area (Å²) in [6.45, 7) is 0.391. The van der Waals surface area contributed by atoms with E-state index in [9.17, 15) is 14.7 Å². The van der Waals surface area contributed by atoms with E-state index in [0.29, 0.717) is 24.2 Å². The topological polar surface area (TPSA) is 106 Å². The molecule has 8 nitrogen and oxygen atoms in total. The molecule has 8 heteroatoms. The monoisotopic (exact) mass is 288 g/mol. The summed E-state index contributed by atoms with van der Waals surface area (Å²) in [5, 5.41) is 16.0. The van der Waals surface area contributed by atoms with E-state index in [1.165, 1.54) is 18.0 Å². The van der Waals surface area contributed by atoms with Crippen LogP contribution in [-0.2, 0) is 6.42 Å². The molecule has 0 unspecified atom stereocenters. The number of fused-ring (bicyclic) bond motifs is 1. The zero-order valence-electron chi connectivity index (χ0n) is 11.2. The Bertz CT molecular complexity index is 738. The Morgan fingerprint density at radius 3 is 3.05 bits per heavy atom. The number of rotatable bonds is 3. The Labute approximate surface area is 119 Å². The fraction of sp³-hybridized carbons (Fsp3) is 0.231. The van der Waals surface area contributed by atoms with Crippen LogP contribution in [0.5, 0.6) is 5.88 Å². The van der Waals surface area contributed by atoms with E-state index in [4.69, 9.17) is 4.74 Å². The van der Waals surface area contributed by atoms with Crippen molar-refractivity contribution < 1.29 is 19.4 Å². The van der Waals surface area contributed by atoms with E-state index in [2.05, 4.69) is 15.4 Å². The quantitative estimate of drug-likeness (QED) is 0.839. The van der Waals surface area contributed by atoms with Crippen molar-refractivity contribution in [1.82, 2.24) is 20.1 Å². The number of ether oxygens (including phenoxy) is 1. The predicted octanol–water partition coefficient (Wildman–Crippen LogP) is 0.260. The number of hydrogen-bond acceptors (Lipinski definition) is 5. The number of carbonyl (C=O) groups excluding carboxylic acids is 1. The SMILES string of the molecule is COc1ncccc1-n1nc(C(=O)O)c2c1C(=O)NCC2. The molecule has 0 fully saturated rings. The third-order valence-corrected chi connectivity index (χ3v) is 3.23. The van der Waals surface area contributed by atoms with Crippen molar-refractivity contribution in [2.45, 2.75) is 6.42 Å². The molecule has 2 aromatic rings. The van der Waals surface area contributed by atoms with Gasteiger partial charge in [0.25, 0.3) is 5.91 Å². The minimum absolute atomic E-state index is 0.120. The number of carboxylic acid groups (broad SMARTS) is 1. The number of nitrogens with one attached hydrogen (secondary N) is 1. The van der Waals surface area contributed by atoms with E-state index < -0.39 is 5.97 Å². The lowest BCUT2D eigenvalue weighted by Gasteiger charge is -2.15. The van der Waals surface area contributed by atoms with Gasteiger partial charge >= 0.3 is 5.97 Å². The fourth-order valence-corrected chi connectivity index (χ4v) is 2.35. The first kappa shape index (κ1) is 13.1. The number of amides is 1. The molecule has 1 aliphatic rings. The number of carbonyl (C=O) groups is 2. The molecule has 0 aromatic carbocycles. The highest BCUT2D eigenvalue weighted by Gasteiger charge is 2.31. The van der Waals surface area contributed by atoms with Crippen molar-refractivity contribution in [2.75, 3.05) is 13.7 Å². The van der Waals surface area contributed by atoms with Crippen LogP contribution in [0.2, 0.25) is 0 Å². The van der Waals surface area contributed by atoms with Gasteiger partial charge in [0.15, 0.2) is 5.69 Å². The first-order chi connectivity index (χ1) is 10.1. The molecule has 108 valence electrons. The van der Waals surface area contributed by atoms with Crippen LogP contribution in [0.1, 0.15) is 26.5 Å². The first-order valence-corrected chi connectivity index (χ1v) is 6.26. The Morgan fingerprint density at radius 2 is 2.33 bits per heavy atom. The average molecular weight is 288 g/mol. The second-order valence-electron chi connectivity index (χ2n) is 4.43. The number of methoxy groups -OCH3 is 1. The van der Waals surface area contributed by atoms with E-state index in [1.807, 2.05) is 0 Å². The smallest absolute Gasteiger partial charge is 0.356 e. The molecule has 0 aliphatic carbocycles. The maximum atomic E-state index is 12.1. The van der Waals surface area contributed by atoms with Crippen molar-refractivity contribution in [3.05, 3.63) is 35.3 Å². The molecule has 0 saturated heterocycles. The maximum absolute atomic E-state index is 12.1. The molecular formula is C13H12N4O4. The van der Waals surface area contributed by atoms with Gasteiger partial charge in [0.2, 0.25) is 5.88 Å². The standard InChI is InChI=1S/C13H12N4O4/c1-21-12-8(3-2-5-15-12)17-10-7(4-6-14-11(10)18)9(16-17)13(19)20/h2-3,5H,4,6H2,1H3,(H,14,18)(H,19,20). The number of pyridine rings is 1. The zero-order chi connectivity index (χ0) is 15.0. The van der Waals surface area contributed by atoms with Crippen LogP contribution in [-0.4, -0.2) is 45.4 Å². The minimum Gasteiger partial charge on any atom is -0.479 e. The van der Waals surface area contributed by atoms with Crippen LogP contribution in [0.25, 0.3) is 5.69 Å². The number of hydrogen-bond donors (Lipinski definition) is 2. The van der Waals surface area contributed by atoms with Gasteiger partial charge in [-0.1, -0.05) is 0 Å². The van der Waals surface area contributed by atoms with Crippen molar-refractivity contribution in [3.8, 4) is 11.6 Å². The molecule has 0 radical (unpaired) electrons. The van der Waals surface area contributed by atoms with Gasteiger partial charge < -0.3 is 15.2 Å². The average Bonchev–Trinajstić information content (AvgIpc) is 2.88. The number of aromatic carboxylic acids is 1. The molecule has 0 atom stereocenters. The second-order valence-corrected chi connectivity index (χ2v) is 4.43. The molecule has 3 rings (SSSR count). The van der Waals surface area contributed by atoms with Crippen LogP contribution < -0.4 is 10.1 Å². The van der Waals surface area contributed by atoms with Gasteiger partial charge in [-0.15, -0.1) is 0 Å². The van der Waals surface area contributed by atoms with Crippen molar-refractivity contribution in [1.29, 1.82) is 0 Å². The van der Waals surface area contributed by atoms with Crippen LogP contribution in [0, 0.1) is 0 Å². The van der Waals surface area contributed by atoms with E-state index in [0.717, 1.165) is 0 Å². The molecule has 21 heavy (non-hydrogen) atoms. The van der Waals surface area contributed by atoms with Gasteiger partial charge in [0.05, 0.1) is 7.11 Å². The Hall–Kier alpha value is -2.90. The summed E-state index contributed by atoms with van der Waals surface area (Å²) in [5.74, 6) is -1.26. The summed E-state index contributed by atoms with van der Waals surface area (Å²) >= 11 is 0. The Morgan fingerprint density at radius 1 is 1.52 bits per heavy atom. The maximum Gasteiger partial charge on any atom is 0.356 e. The van der Waals surface area contributed by atoms with E-state index >= 15 is 0 Å². The number of aromatic nitrogens is 3. The van der Waals surface area contributed by atoms with Crippen molar-refractivity contribution in [3.63, 3.8) is 0 Å². The van der Waals surface area contributed by atoms with Gasteiger partial charge in [0, 0.05) is 18.3 Å². The molecular weight excluding hydrogens is 276 g/mol. The lowest BCUT2D eigenvalue weighted by molar-refractivity contribution is 0.0688. The first-order valence-electron chi connectivity index (χ1n) is 6.26. The fourth-order valence-electron chi connectivity index (χ4n) is 2.35. The Kier molecular flexibility index (Phi) is 3.05. The van der Waals surface area contributed by atoms with Gasteiger partial charge in [-0.3, -0.25) is 4.79 Å². The summed E-state index contributed by atoms with van der Waals surface area (Å²) in [6, 6.07) is 3.32. The normalized spacial score (nSPS) is 13.5. The highest BCUT2D eigenvalue weighted by Crippen LogP contribution is 2.26. The molecule has 0 bridgehead atoms. The lowest BCUT2D eigenvalue weighted by atomic mass is 10.1. The molecule has 0 spiro atoms. The molecule has 2 aromatic heterocycles. The van der Waals surface area contributed by atoms with Crippen LogP contribution in [0.15, 0.2) is 18.3 Å². The summed E-state index contributed by atoms with van der Waals surface area (Å²) in [4.78, 5) is 27.5. The zero-order valence-corrected chi connectivity index (χ0v) is 11.2. The minimum atomic E-state index is -1.16. The third-order valence-electron chi connectivity index (χ3n) is 3.23. The molecule has 0 saturated carbocycles. The van der Waals surface area contributed by atoms with Crippen LogP contribution in [0.4, 0.5) is 0 Å². The largest absolute Gasteiger partial charge is 0.479 e. The number of nitrogens with zero attached hydrogens (tertiary/aromatic N) is 3. The van der Waals surface area contributed by atoms with Gasteiger partial charge in [-0.25, -0.2) is 14.5 Å². The number of carboxylic acids is 1. The van der Waals surface area contributed by atoms with E-state index in [1.54, 1.807) is 12.1 Å². The lowest BCUT2D eigenvalue weighted by Crippen LogP contribution is -2.33. The van der Waals surface area contributed by atoms with Crippen molar-refractivity contribution in [2.24, 2.45) is 0 Å². The highest BCUT2D eigenvalue weighted by molar-refractivity contribution is 5.99. The van der Waals surface area contributed by atoms with Gasteiger partial charge in [-0.05, 0) is 18.6 Å². The highest BCUT2D eigenvalue weighted by atomic mass is 16.5. The van der Waals surface area contributed by atoms with Crippen LogP contribution in [0.3, 0.4) is 0 Å². The summed E-state index contributed by atoms with van der Waals surface area (Å²) in [5.41, 5.74) is 0.939. The summed E-state index contributed by atoms with van der Waals surface area (Å²) in [6.07, 6.45) is 1.96.